The second kappa shape index (κ2) is 5.55. The third-order valence-electron chi connectivity index (χ3n) is 4.28. The topological polar surface area (TPSA) is 70.6 Å². The van der Waals surface area contributed by atoms with E-state index in [-0.39, 0.29) is 17.9 Å². The fourth-order valence-corrected chi connectivity index (χ4v) is 2.73. The van der Waals surface area contributed by atoms with Crippen LogP contribution in [0, 0.1) is 5.41 Å². The Bertz CT molecular complexity index is 295. The van der Waals surface area contributed by atoms with Crippen molar-refractivity contribution in [2.24, 2.45) is 5.41 Å². The minimum absolute atomic E-state index is 0.00832. The summed E-state index contributed by atoms with van der Waals surface area (Å²) in [6, 6.07) is 0. The number of hydrogen-bond donors (Lipinski definition) is 3. The lowest BCUT2D eigenvalue weighted by Crippen LogP contribution is -2.59. The second-order valence-electron chi connectivity index (χ2n) is 5.85. The van der Waals surface area contributed by atoms with Crippen molar-refractivity contribution in [3.63, 3.8) is 0 Å². The predicted molar refractivity (Wildman–Crippen MR) is 68.2 cm³/mol. The lowest BCUT2D eigenvalue weighted by Gasteiger charge is -2.41. The number of amides is 1. The minimum atomic E-state index is -0.476. The number of ether oxygens (including phenoxy) is 1. The van der Waals surface area contributed by atoms with E-state index in [0.717, 1.165) is 25.9 Å². The Balaban J connectivity index is 2.00. The summed E-state index contributed by atoms with van der Waals surface area (Å²) in [5, 5.41) is 15.9. The van der Waals surface area contributed by atoms with Gasteiger partial charge in [-0.1, -0.05) is 0 Å². The molecule has 1 amide bonds. The standard InChI is InChI=1S/C13H24N2O3/c1-12(3-2-6-14-9-12)11(17)15-13(10-16)4-7-18-8-5-13/h14,16H,2-10H2,1H3,(H,15,17). The molecule has 2 fully saturated rings. The maximum Gasteiger partial charge on any atom is 0.227 e. The molecule has 0 aromatic heterocycles. The van der Waals surface area contributed by atoms with E-state index in [9.17, 15) is 9.90 Å². The van der Waals surface area contributed by atoms with Crippen LogP contribution < -0.4 is 10.6 Å². The van der Waals surface area contributed by atoms with Crippen LogP contribution in [-0.2, 0) is 9.53 Å². The van der Waals surface area contributed by atoms with Gasteiger partial charge in [-0.05, 0) is 39.2 Å². The van der Waals surface area contributed by atoms with Gasteiger partial charge in [0.25, 0.3) is 0 Å². The first kappa shape index (κ1) is 13.8. The summed E-state index contributed by atoms with van der Waals surface area (Å²) in [7, 11) is 0. The van der Waals surface area contributed by atoms with Crippen LogP contribution >= 0.6 is 0 Å². The first-order chi connectivity index (χ1) is 8.60. The van der Waals surface area contributed by atoms with E-state index in [2.05, 4.69) is 10.6 Å². The molecule has 104 valence electrons. The van der Waals surface area contributed by atoms with E-state index in [4.69, 9.17) is 4.74 Å². The van der Waals surface area contributed by atoms with Crippen molar-refractivity contribution < 1.29 is 14.6 Å². The number of hydrogen-bond acceptors (Lipinski definition) is 4. The van der Waals surface area contributed by atoms with Crippen molar-refractivity contribution in [2.75, 3.05) is 32.9 Å². The number of piperidine rings is 1. The van der Waals surface area contributed by atoms with Gasteiger partial charge in [-0.3, -0.25) is 4.79 Å². The molecule has 18 heavy (non-hydrogen) atoms. The molecule has 0 saturated carbocycles. The fraction of sp³-hybridized carbons (Fsp3) is 0.923. The maximum absolute atomic E-state index is 12.4. The molecule has 0 spiro atoms. The summed E-state index contributed by atoms with van der Waals surface area (Å²) in [6.07, 6.45) is 3.32. The summed E-state index contributed by atoms with van der Waals surface area (Å²) in [4.78, 5) is 12.4. The van der Waals surface area contributed by atoms with Gasteiger partial charge in [-0.25, -0.2) is 0 Å². The lowest BCUT2D eigenvalue weighted by molar-refractivity contribution is -0.135. The Kier molecular flexibility index (Phi) is 4.25. The van der Waals surface area contributed by atoms with Gasteiger partial charge in [0.15, 0.2) is 0 Å². The third kappa shape index (κ3) is 2.84. The summed E-state index contributed by atoms with van der Waals surface area (Å²) in [5.41, 5.74) is -0.825. The highest BCUT2D eigenvalue weighted by Gasteiger charge is 2.40. The quantitative estimate of drug-likeness (QED) is 0.666. The largest absolute Gasteiger partial charge is 0.394 e. The predicted octanol–water partition coefficient (Wildman–Crippen LogP) is 0.0338. The Morgan fingerprint density at radius 1 is 1.39 bits per heavy atom. The van der Waals surface area contributed by atoms with Crippen LogP contribution in [-0.4, -0.2) is 49.5 Å². The average Bonchev–Trinajstić information content (AvgIpc) is 2.40. The van der Waals surface area contributed by atoms with Crippen molar-refractivity contribution in [3.05, 3.63) is 0 Å². The van der Waals surface area contributed by atoms with Crippen molar-refractivity contribution in [2.45, 2.75) is 38.1 Å². The zero-order valence-electron chi connectivity index (χ0n) is 11.1. The van der Waals surface area contributed by atoms with Crippen molar-refractivity contribution in [3.8, 4) is 0 Å². The fourth-order valence-electron chi connectivity index (χ4n) is 2.73. The highest BCUT2D eigenvalue weighted by molar-refractivity contribution is 5.83. The van der Waals surface area contributed by atoms with Gasteiger partial charge in [-0.2, -0.15) is 0 Å². The van der Waals surface area contributed by atoms with Gasteiger partial charge in [0.2, 0.25) is 5.91 Å². The van der Waals surface area contributed by atoms with Crippen LogP contribution in [0.3, 0.4) is 0 Å². The van der Waals surface area contributed by atoms with Gasteiger partial charge < -0.3 is 20.5 Å². The first-order valence-corrected chi connectivity index (χ1v) is 6.82. The molecular formula is C13H24N2O3. The first-order valence-electron chi connectivity index (χ1n) is 6.82. The molecule has 5 heteroatoms. The summed E-state index contributed by atoms with van der Waals surface area (Å²) < 4.78 is 5.30. The zero-order chi connectivity index (χ0) is 13.1. The van der Waals surface area contributed by atoms with E-state index in [1.54, 1.807) is 0 Å². The smallest absolute Gasteiger partial charge is 0.227 e. The number of rotatable bonds is 3. The summed E-state index contributed by atoms with van der Waals surface area (Å²) in [6.45, 7) is 4.91. The highest BCUT2D eigenvalue weighted by atomic mass is 16.5. The Morgan fingerprint density at radius 2 is 2.11 bits per heavy atom. The monoisotopic (exact) mass is 256 g/mol. The Hall–Kier alpha value is -0.650. The average molecular weight is 256 g/mol. The summed E-state index contributed by atoms with van der Waals surface area (Å²) >= 11 is 0. The molecule has 3 N–H and O–H groups in total. The number of aliphatic hydroxyl groups excluding tert-OH is 1. The van der Waals surface area contributed by atoms with Crippen LogP contribution in [0.5, 0.6) is 0 Å². The normalized spacial score (nSPS) is 31.9. The molecule has 0 radical (unpaired) electrons. The zero-order valence-corrected chi connectivity index (χ0v) is 11.1. The molecule has 1 unspecified atom stereocenters. The molecule has 2 saturated heterocycles. The highest BCUT2D eigenvalue weighted by Crippen LogP contribution is 2.28. The SMILES string of the molecule is CC1(C(=O)NC2(CO)CCOCC2)CCCNC1. The van der Waals surface area contributed by atoms with Gasteiger partial charge in [0.05, 0.1) is 17.6 Å². The molecule has 0 bridgehead atoms. The van der Waals surface area contributed by atoms with E-state index in [1.807, 2.05) is 6.92 Å². The molecule has 0 aromatic rings. The van der Waals surface area contributed by atoms with Crippen LogP contribution in [0.4, 0.5) is 0 Å². The van der Waals surface area contributed by atoms with Gasteiger partial charge in [-0.15, -0.1) is 0 Å². The molecule has 2 rings (SSSR count). The molecule has 2 aliphatic heterocycles. The molecule has 0 aromatic carbocycles. The van der Waals surface area contributed by atoms with Gasteiger partial charge in [0, 0.05) is 19.8 Å². The number of carbonyl (C=O) groups is 1. The van der Waals surface area contributed by atoms with Crippen molar-refractivity contribution >= 4 is 5.91 Å². The molecule has 1 atom stereocenters. The summed E-state index contributed by atoms with van der Waals surface area (Å²) in [5.74, 6) is 0.0608. The van der Waals surface area contributed by atoms with Crippen LogP contribution in [0.2, 0.25) is 0 Å². The minimum Gasteiger partial charge on any atom is -0.394 e. The lowest BCUT2D eigenvalue weighted by atomic mass is 9.80. The number of aliphatic hydroxyl groups is 1. The number of nitrogens with one attached hydrogen (secondary N) is 2. The van der Waals surface area contributed by atoms with Crippen LogP contribution in [0.15, 0.2) is 0 Å². The molecule has 2 aliphatic rings. The van der Waals surface area contributed by atoms with Crippen LogP contribution in [0.1, 0.15) is 32.6 Å². The second-order valence-corrected chi connectivity index (χ2v) is 5.85. The van der Waals surface area contributed by atoms with E-state index in [0.29, 0.717) is 26.1 Å². The van der Waals surface area contributed by atoms with Gasteiger partial charge >= 0.3 is 0 Å². The van der Waals surface area contributed by atoms with E-state index >= 15 is 0 Å². The molecule has 5 nitrogen and oxygen atoms in total. The van der Waals surface area contributed by atoms with Crippen molar-refractivity contribution in [1.29, 1.82) is 0 Å². The Morgan fingerprint density at radius 3 is 2.67 bits per heavy atom. The molecule has 0 aliphatic carbocycles. The molecular weight excluding hydrogens is 232 g/mol. The van der Waals surface area contributed by atoms with Crippen molar-refractivity contribution in [1.82, 2.24) is 10.6 Å². The van der Waals surface area contributed by atoms with Crippen LogP contribution in [0.25, 0.3) is 0 Å². The Labute approximate surface area is 108 Å². The third-order valence-corrected chi connectivity index (χ3v) is 4.28. The van der Waals surface area contributed by atoms with E-state index < -0.39 is 5.54 Å². The number of carbonyl (C=O) groups excluding carboxylic acids is 1. The van der Waals surface area contributed by atoms with Gasteiger partial charge in [0.1, 0.15) is 0 Å². The maximum atomic E-state index is 12.4. The molecule has 2 heterocycles. The van der Waals surface area contributed by atoms with E-state index in [1.165, 1.54) is 0 Å².